The number of benzene rings is 1. The minimum absolute atomic E-state index is 0.0831. The summed E-state index contributed by atoms with van der Waals surface area (Å²) in [5, 5.41) is 4.73. The lowest BCUT2D eigenvalue weighted by Crippen LogP contribution is -2.46. The molecule has 0 aliphatic carbocycles. The highest BCUT2D eigenvalue weighted by Gasteiger charge is 2.18. The van der Waals surface area contributed by atoms with Crippen LogP contribution in [0, 0.1) is 0 Å². The van der Waals surface area contributed by atoms with E-state index in [-0.39, 0.29) is 12.6 Å². The van der Waals surface area contributed by atoms with Crippen LogP contribution < -0.4 is 15.4 Å². The monoisotopic (exact) mass is 322 g/mol. The number of hydrogen-bond acceptors (Lipinski definition) is 5. The summed E-state index contributed by atoms with van der Waals surface area (Å²) in [4.78, 5) is 35.0. The molecule has 0 heterocycles. The van der Waals surface area contributed by atoms with Crippen LogP contribution in [0.3, 0.4) is 0 Å². The molecule has 0 aromatic heterocycles. The van der Waals surface area contributed by atoms with Gasteiger partial charge < -0.3 is 14.8 Å². The lowest BCUT2D eigenvalue weighted by molar-refractivity contribution is -0.126. The van der Waals surface area contributed by atoms with E-state index in [9.17, 15) is 14.4 Å². The first-order chi connectivity index (χ1) is 10.8. The van der Waals surface area contributed by atoms with E-state index in [0.29, 0.717) is 11.3 Å². The molecule has 0 radical (unpaired) electrons. The molecule has 0 aliphatic rings. The van der Waals surface area contributed by atoms with Crippen molar-refractivity contribution in [3.05, 3.63) is 29.8 Å². The normalized spacial score (nSPS) is 11.5. The Morgan fingerprint density at radius 2 is 1.87 bits per heavy atom. The van der Waals surface area contributed by atoms with Crippen LogP contribution in [0.2, 0.25) is 0 Å². The van der Waals surface area contributed by atoms with E-state index in [0.717, 1.165) is 0 Å². The number of rotatable bonds is 6. The summed E-state index contributed by atoms with van der Waals surface area (Å²) >= 11 is 0. The van der Waals surface area contributed by atoms with Gasteiger partial charge in [0.25, 0.3) is 5.91 Å². The number of carbonyl (C=O) groups is 3. The maximum absolute atomic E-state index is 11.9. The minimum Gasteiger partial charge on any atom is -0.481 e. The van der Waals surface area contributed by atoms with Crippen molar-refractivity contribution < 1.29 is 23.9 Å². The number of ether oxygens (including phenoxy) is 2. The van der Waals surface area contributed by atoms with Gasteiger partial charge in [-0.25, -0.2) is 9.59 Å². The first kappa shape index (κ1) is 18.5. The molecule has 0 aliphatic heterocycles. The quantitative estimate of drug-likeness (QED) is 0.780. The zero-order valence-electron chi connectivity index (χ0n) is 13.7. The molecule has 1 aromatic carbocycles. The van der Waals surface area contributed by atoms with Gasteiger partial charge in [0.2, 0.25) is 0 Å². The Kier molecular flexibility index (Phi) is 7.05. The van der Waals surface area contributed by atoms with Crippen molar-refractivity contribution in [2.24, 2.45) is 0 Å². The summed E-state index contributed by atoms with van der Waals surface area (Å²) in [6.45, 7) is 7.06. The van der Waals surface area contributed by atoms with Crippen molar-refractivity contribution in [1.82, 2.24) is 10.6 Å². The van der Waals surface area contributed by atoms with Gasteiger partial charge in [-0.05, 0) is 45.9 Å². The highest BCUT2D eigenvalue weighted by molar-refractivity contribution is 5.96. The fourth-order valence-corrected chi connectivity index (χ4v) is 1.68. The molecule has 0 bridgehead atoms. The van der Waals surface area contributed by atoms with Crippen LogP contribution in [0.5, 0.6) is 5.75 Å². The molecule has 0 spiro atoms. The lowest BCUT2D eigenvalue weighted by Gasteiger charge is -2.15. The van der Waals surface area contributed by atoms with Crippen LogP contribution in [0.1, 0.15) is 38.1 Å². The molecule has 1 atom stereocenters. The molecule has 7 nitrogen and oxygen atoms in total. The van der Waals surface area contributed by atoms with Crippen molar-refractivity contribution in [2.45, 2.75) is 39.8 Å². The van der Waals surface area contributed by atoms with Gasteiger partial charge in [-0.2, -0.15) is 0 Å². The molecule has 1 rings (SSSR count). The first-order valence-corrected chi connectivity index (χ1v) is 7.38. The standard InChI is InChI=1S/C16H22N2O5/c1-5-22-15(20)12-7-6-8-13(9-12)23-11(4)14(19)18-16(21)17-10(2)3/h6-11H,5H2,1-4H3,(H2,17,18,19,21)/t11-/m0/s1. The summed E-state index contributed by atoms with van der Waals surface area (Å²) < 4.78 is 10.3. The van der Waals surface area contributed by atoms with Crippen LogP contribution >= 0.6 is 0 Å². The van der Waals surface area contributed by atoms with E-state index < -0.39 is 24.0 Å². The SMILES string of the molecule is CCOC(=O)c1cccc(O[C@@H](C)C(=O)NC(=O)NC(C)C)c1. The zero-order chi connectivity index (χ0) is 17.4. The summed E-state index contributed by atoms with van der Waals surface area (Å²) in [5.74, 6) is -0.710. The Balaban J connectivity index is 2.64. The van der Waals surface area contributed by atoms with Gasteiger partial charge in [0.05, 0.1) is 12.2 Å². The van der Waals surface area contributed by atoms with Crippen LogP contribution in [0.4, 0.5) is 4.79 Å². The topological polar surface area (TPSA) is 93.7 Å². The number of carbonyl (C=O) groups excluding carboxylic acids is 3. The summed E-state index contributed by atoms with van der Waals surface area (Å²) in [6, 6.07) is 5.64. The maximum Gasteiger partial charge on any atom is 0.338 e. The smallest absolute Gasteiger partial charge is 0.338 e. The second-order valence-corrected chi connectivity index (χ2v) is 5.13. The molecule has 7 heteroatoms. The Labute approximate surface area is 135 Å². The lowest BCUT2D eigenvalue weighted by atomic mass is 10.2. The highest BCUT2D eigenvalue weighted by atomic mass is 16.5. The Hall–Kier alpha value is -2.57. The van der Waals surface area contributed by atoms with E-state index in [2.05, 4.69) is 10.6 Å². The number of hydrogen-bond donors (Lipinski definition) is 2. The van der Waals surface area contributed by atoms with Gasteiger partial charge in [-0.15, -0.1) is 0 Å². The van der Waals surface area contributed by atoms with Crippen LogP contribution in [-0.2, 0) is 9.53 Å². The van der Waals surface area contributed by atoms with Crippen molar-refractivity contribution in [1.29, 1.82) is 0 Å². The average molecular weight is 322 g/mol. The molecule has 0 saturated heterocycles. The Bertz CT molecular complexity index is 571. The average Bonchev–Trinajstić information content (AvgIpc) is 2.46. The molecule has 2 N–H and O–H groups in total. The largest absolute Gasteiger partial charge is 0.481 e. The van der Waals surface area contributed by atoms with Crippen LogP contribution in [0.15, 0.2) is 24.3 Å². The van der Waals surface area contributed by atoms with Gasteiger partial charge in [0.1, 0.15) is 5.75 Å². The number of urea groups is 1. The zero-order valence-corrected chi connectivity index (χ0v) is 13.7. The Morgan fingerprint density at radius 1 is 1.17 bits per heavy atom. The molecule has 126 valence electrons. The van der Waals surface area contributed by atoms with Gasteiger partial charge >= 0.3 is 12.0 Å². The summed E-state index contributed by atoms with van der Waals surface area (Å²) in [6.07, 6.45) is -0.898. The molecule has 3 amide bonds. The number of imide groups is 1. The van der Waals surface area contributed by atoms with E-state index >= 15 is 0 Å². The third-order valence-electron chi connectivity index (χ3n) is 2.68. The maximum atomic E-state index is 11.9. The first-order valence-electron chi connectivity index (χ1n) is 7.38. The molecule has 0 unspecified atom stereocenters. The third-order valence-corrected chi connectivity index (χ3v) is 2.68. The van der Waals surface area contributed by atoms with Crippen molar-refractivity contribution >= 4 is 17.9 Å². The van der Waals surface area contributed by atoms with Crippen LogP contribution in [0.25, 0.3) is 0 Å². The summed E-state index contributed by atoms with van der Waals surface area (Å²) in [5.41, 5.74) is 0.328. The molecule has 0 saturated carbocycles. The van der Waals surface area contributed by atoms with E-state index in [1.165, 1.54) is 13.0 Å². The fourth-order valence-electron chi connectivity index (χ4n) is 1.68. The van der Waals surface area contributed by atoms with Crippen molar-refractivity contribution in [3.8, 4) is 5.75 Å². The van der Waals surface area contributed by atoms with Gasteiger partial charge in [0, 0.05) is 6.04 Å². The van der Waals surface area contributed by atoms with Gasteiger partial charge in [-0.1, -0.05) is 6.07 Å². The molecule has 23 heavy (non-hydrogen) atoms. The number of nitrogens with one attached hydrogen (secondary N) is 2. The van der Waals surface area contributed by atoms with Crippen molar-refractivity contribution in [3.63, 3.8) is 0 Å². The van der Waals surface area contributed by atoms with Gasteiger partial charge in [-0.3, -0.25) is 10.1 Å². The highest BCUT2D eigenvalue weighted by Crippen LogP contribution is 2.16. The number of amides is 3. The van der Waals surface area contributed by atoms with E-state index in [1.54, 1.807) is 39.0 Å². The third kappa shape index (κ3) is 6.37. The molecule has 1 aromatic rings. The predicted molar refractivity (Wildman–Crippen MR) is 84.3 cm³/mol. The predicted octanol–water partition coefficient (Wildman–Crippen LogP) is 1.86. The molecular weight excluding hydrogens is 300 g/mol. The fraction of sp³-hybridized carbons (Fsp3) is 0.438. The summed E-state index contributed by atoms with van der Waals surface area (Å²) in [7, 11) is 0. The second-order valence-electron chi connectivity index (χ2n) is 5.13. The van der Waals surface area contributed by atoms with Gasteiger partial charge in [0.15, 0.2) is 6.10 Å². The Morgan fingerprint density at radius 3 is 2.48 bits per heavy atom. The molecule has 0 fully saturated rings. The van der Waals surface area contributed by atoms with E-state index in [1.807, 2.05) is 0 Å². The molecular formula is C16H22N2O5. The van der Waals surface area contributed by atoms with Crippen molar-refractivity contribution in [2.75, 3.05) is 6.61 Å². The number of esters is 1. The van der Waals surface area contributed by atoms with Crippen LogP contribution in [-0.4, -0.2) is 36.7 Å². The second kappa shape index (κ2) is 8.77. The minimum atomic E-state index is -0.898. The van der Waals surface area contributed by atoms with E-state index in [4.69, 9.17) is 9.47 Å².